The van der Waals surface area contributed by atoms with Gasteiger partial charge in [-0.05, 0) is 6.42 Å². The van der Waals surface area contributed by atoms with Crippen LogP contribution in [0.1, 0.15) is 64.7 Å². The molecule has 0 rings (SSSR count). The zero-order chi connectivity index (χ0) is 14.0. The molecule has 112 valence electrons. The molecule has 3 heteroatoms. The fourth-order valence-electron chi connectivity index (χ4n) is 1.79. The van der Waals surface area contributed by atoms with Crippen molar-refractivity contribution in [2.75, 3.05) is 20.0 Å². The smallest absolute Gasteiger partial charge is 0.147 e. The van der Waals surface area contributed by atoms with Crippen molar-refractivity contribution in [2.24, 2.45) is 0 Å². The van der Waals surface area contributed by atoms with E-state index in [-0.39, 0.29) is 0 Å². The summed E-state index contributed by atoms with van der Waals surface area (Å²) in [4.78, 5) is 10.0. The van der Waals surface area contributed by atoms with E-state index in [1.54, 1.807) is 6.08 Å². The van der Waals surface area contributed by atoms with E-state index in [0.29, 0.717) is 19.8 Å². The molecular weight excluding hydrogens is 240 g/mol. The third kappa shape index (κ3) is 17.3. The Morgan fingerprint density at radius 1 is 0.842 bits per heavy atom. The summed E-state index contributed by atoms with van der Waals surface area (Å²) in [5.74, 6) is 0. The Balaban J connectivity index is 2.97. The molecular formula is C16H30O3. The second-order valence-electron chi connectivity index (χ2n) is 4.75. The lowest BCUT2D eigenvalue weighted by atomic mass is 10.1. The minimum absolute atomic E-state index is 0.349. The number of hydrogen-bond donors (Lipinski definition) is 0. The number of carbonyl (C=O) groups excluding carboxylic acids is 1. The summed E-state index contributed by atoms with van der Waals surface area (Å²) in [5.41, 5.74) is 0. The monoisotopic (exact) mass is 270 g/mol. The first-order chi connectivity index (χ1) is 9.41. The van der Waals surface area contributed by atoms with Crippen LogP contribution in [0.5, 0.6) is 0 Å². The van der Waals surface area contributed by atoms with Gasteiger partial charge in [0, 0.05) is 13.0 Å². The first-order valence-electron chi connectivity index (χ1n) is 7.66. The van der Waals surface area contributed by atoms with Gasteiger partial charge in [0.05, 0.1) is 6.61 Å². The second kappa shape index (κ2) is 17.3. The molecule has 0 spiro atoms. The highest BCUT2D eigenvalue weighted by Gasteiger charge is 1.92. The molecule has 0 atom stereocenters. The van der Waals surface area contributed by atoms with Crippen LogP contribution in [0, 0.1) is 0 Å². The van der Waals surface area contributed by atoms with Crippen molar-refractivity contribution in [3.8, 4) is 0 Å². The van der Waals surface area contributed by atoms with Crippen LogP contribution < -0.4 is 0 Å². The van der Waals surface area contributed by atoms with Gasteiger partial charge in [0.1, 0.15) is 13.1 Å². The maximum absolute atomic E-state index is 10.0. The average molecular weight is 270 g/mol. The van der Waals surface area contributed by atoms with E-state index in [1.807, 2.05) is 6.08 Å². The van der Waals surface area contributed by atoms with Crippen LogP contribution in [0.25, 0.3) is 0 Å². The van der Waals surface area contributed by atoms with Gasteiger partial charge in [-0.15, -0.1) is 0 Å². The van der Waals surface area contributed by atoms with Gasteiger partial charge in [0.25, 0.3) is 0 Å². The third-order valence-corrected chi connectivity index (χ3v) is 2.92. The second-order valence-corrected chi connectivity index (χ2v) is 4.75. The summed E-state index contributed by atoms with van der Waals surface area (Å²) in [5, 5.41) is 0. The van der Waals surface area contributed by atoms with Crippen LogP contribution in [-0.4, -0.2) is 26.3 Å². The van der Waals surface area contributed by atoms with Crippen LogP contribution in [0.2, 0.25) is 0 Å². The molecule has 0 bridgehead atoms. The lowest BCUT2D eigenvalue weighted by Crippen LogP contribution is -2.01. The molecule has 0 aliphatic heterocycles. The van der Waals surface area contributed by atoms with Gasteiger partial charge in [-0.25, -0.2) is 0 Å². The fraction of sp³-hybridized carbons (Fsp3) is 0.812. The molecule has 0 aliphatic rings. The first-order valence-corrected chi connectivity index (χ1v) is 7.66. The van der Waals surface area contributed by atoms with E-state index in [9.17, 15) is 4.79 Å². The van der Waals surface area contributed by atoms with E-state index < -0.39 is 0 Å². The molecule has 0 N–H and O–H groups in total. The fourth-order valence-corrected chi connectivity index (χ4v) is 1.79. The van der Waals surface area contributed by atoms with Gasteiger partial charge in [-0.3, -0.25) is 0 Å². The molecule has 0 saturated carbocycles. The number of hydrogen-bond acceptors (Lipinski definition) is 3. The van der Waals surface area contributed by atoms with Gasteiger partial charge >= 0.3 is 0 Å². The number of unbranched alkanes of at least 4 members (excludes halogenated alkanes) is 7. The topological polar surface area (TPSA) is 35.5 Å². The predicted octanol–water partition coefficient (Wildman–Crippen LogP) is 4.26. The Morgan fingerprint density at radius 2 is 1.53 bits per heavy atom. The molecule has 0 aromatic carbocycles. The number of rotatable bonds is 15. The lowest BCUT2D eigenvalue weighted by molar-refractivity contribution is -0.107. The largest absolute Gasteiger partial charge is 0.355 e. The number of ether oxygens (including phenoxy) is 2. The van der Waals surface area contributed by atoms with Crippen LogP contribution in [-0.2, 0) is 14.3 Å². The van der Waals surface area contributed by atoms with Crippen LogP contribution >= 0.6 is 0 Å². The van der Waals surface area contributed by atoms with E-state index >= 15 is 0 Å². The van der Waals surface area contributed by atoms with Crippen LogP contribution in [0.4, 0.5) is 0 Å². The number of allylic oxidation sites excluding steroid dienone is 1. The summed E-state index contributed by atoms with van der Waals surface area (Å²) in [6, 6.07) is 0. The molecule has 19 heavy (non-hydrogen) atoms. The normalized spacial score (nSPS) is 11.2. The zero-order valence-corrected chi connectivity index (χ0v) is 12.4. The van der Waals surface area contributed by atoms with Crippen molar-refractivity contribution in [3.63, 3.8) is 0 Å². The van der Waals surface area contributed by atoms with Crippen molar-refractivity contribution >= 4 is 6.29 Å². The number of aldehydes is 1. The SMILES string of the molecule is CCCCCCCCCCOCOCC=CCC=O. The summed E-state index contributed by atoms with van der Waals surface area (Å²) in [7, 11) is 0. The third-order valence-electron chi connectivity index (χ3n) is 2.92. The van der Waals surface area contributed by atoms with Crippen molar-refractivity contribution < 1.29 is 14.3 Å². The summed E-state index contributed by atoms with van der Waals surface area (Å²) >= 11 is 0. The van der Waals surface area contributed by atoms with E-state index in [2.05, 4.69) is 6.92 Å². The molecule has 0 saturated heterocycles. The van der Waals surface area contributed by atoms with Crippen molar-refractivity contribution in [1.29, 1.82) is 0 Å². The van der Waals surface area contributed by atoms with Gasteiger partial charge in [-0.1, -0.05) is 64.0 Å². The van der Waals surface area contributed by atoms with Crippen LogP contribution in [0.15, 0.2) is 12.2 Å². The highest BCUT2D eigenvalue weighted by atomic mass is 16.7. The van der Waals surface area contributed by atoms with Gasteiger partial charge in [0.2, 0.25) is 0 Å². The molecule has 0 fully saturated rings. The Bertz CT molecular complexity index is 202. The standard InChI is InChI=1S/C16H30O3/c1-2-3-4-5-6-7-8-11-14-18-16-19-15-12-9-10-13-17/h9,12-13H,2-8,10-11,14-16H2,1H3. The maximum Gasteiger partial charge on any atom is 0.147 e. The van der Waals surface area contributed by atoms with Crippen LogP contribution in [0.3, 0.4) is 0 Å². The molecule has 3 nitrogen and oxygen atoms in total. The Hall–Kier alpha value is -0.670. The minimum atomic E-state index is 0.349. The molecule has 0 aromatic rings. The quantitative estimate of drug-likeness (QED) is 0.193. The van der Waals surface area contributed by atoms with Crippen molar-refractivity contribution in [2.45, 2.75) is 64.7 Å². The first kappa shape index (κ1) is 18.3. The number of carbonyl (C=O) groups is 1. The molecule has 0 aliphatic carbocycles. The van der Waals surface area contributed by atoms with E-state index in [4.69, 9.17) is 9.47 Å². The predicted molar refractivity (Wildman–Crippen MR) is 79.2 cm³/mol. The molecule has 0 unspecified atom stereocenters. The van der Waals surface area contributed by atoms with Gasteiger partial charge < -0.3 is 14.3 Å². The highest BCUT2D eigenvalue weighted by Crippen LogP contribution is 2.08. The highest BCUT2D eigenvalue weighted by molar-refractivity contribution is 5.51. The minimum Gasteiger partial charge on any atom is -0.355 e. The van der Waals surface area contributed by atoms with Crippen molar-refractivity contribution in [1.82, 2.24) is 0 Å². The zero-order valence-electron chi connectivity index (χ0n) is 12.4. The molecule has 0 radical (unpaired) electrons. The molecule has 0 heterocycles. The van der Waals surface area contributed by atoms with Gasteiger partial charge in [0.15, 0.2) is 0 Å². The molecule has 0 aromatic heterocycles. The van der Waals surface area contributed by atoms with E-state index in [1.165, 1.54) is 44.9 Å². The molecule has 0 amide bonds. The summed E-state index contributed by atoms with van der Waals surface area (Å²) in [6.07, 6.45) is 15.5. The summed E-state index contributed by atoms with van der Waals surface area (Å²) < 4.78 is 10.6. The average Bonchev–Trinajstić information content (AvgIpc) is 2.43. The Labute approximate surface area is 118 Å². The Kier molecular flexibility index (Phi) is 16.7. The Morgan fingerprint density at radius 3 is 2.21 bits per heavy atom. The maximum atomic E-state index is 10.0. The van der Waals surface area contributed by atoms with E-state index in [0.717, 1.165) is 19.3 Å². The van der Waals surface area contributed by atoms with Gasteiger partial charge in [-0.2, -0.15) is 0 Å². The lowest BCUT2D eigenvalue weighted by Gasteiger charge is -2.04. The summed E-state index contributed by atoms with van der Waals surface area (Å²) in [6.45, 7) is 3.90. The van der Waals surface area contributed by atoms with Crippen molar-refractivity contribution in [3.05, 3.63) is 12.2 Å².